The quantitative estimate of drug-likeness (QED) is 0.785. The van der Waals surface area contributed by atoms with E-state index in [-0.39, 0.29) is 30.3 Å². The highest BCUT2D eigenvalue weighted by atomic mass is 16.5. The number of carbonyl (C=O) groups excluding carboxylic acids is 2. The van der Waals surface area contributed by atoms with Gasteiger partial charge in [-0.2, -0.15) is 0 Å². The standard InChI is InChI=1S/C23H27N3O3/c27-22-13-19(16-26(22)15-17-6-2-1-3-7-17)23(28)25-14-18-10-11-24-21(12-18)29-20-8-4-5-9-20/h1-3,6-7,10-12,19-20H,4-5,8-9,13-16H2,(H,25,28). The van der Waals surface area contributed by atoms with Gasteiger partial charge in [-0.15, -0.1) is 0 Å². The zero-order chi connectivity index (χ0) is 20.1. The van der Waals surface area contributed by atoms with Crippen LogP contribution in [0.5, 0.6) is 5.88 Å². The Morgan fingerprint density at radius 3 is 2.72 bits per heavy atom. The summed E-state index contributed by atoms with van der Waals surface area (Å²) in [7, 11) is 0. The summed E-state index contributed by atoms with van der Waals surface area (Å²) in [5, 5.41) is 2.97. The Balaban J connectivity index is 1.28. The van der Waals surface area contributed by atoms with Crippen LogP contribution in [0.4, 0.5) is 0 Å². The zero-order valence-corrected chi connectivity index (χ0v) is 16.5. The van der Waals surface area contributed by atoms with E-state index in [1.807, 2.05) is 42.5 Å². The van der Waals surface area contributed by atoms with Gasteiger partial charge in [-0.3, -0.25) is 9.59 Å². The average Bonchev–Trinajstić information content (AvgIpc) is 3.37. The molecule has 1 unspecified atom stereocenters. The molecular formula is C23H27N3O3. The minimum absolute atomic E-state index is 0.0326. The maximum Gasteiger partial charge on any atom is 0.225 e. The molecule has 0 spiro atoms. The van der Waals surface area contributed by atoms with E-state index in [0.717, 1.165) is 24.0 Å². The van der Waals surface area contributed by atoms with Crippen molar-refractivity contribution < 1.29 is 14.3 Å². The van der Waals surface area contributed by atoms with Crippen LogP contribution < -0.4 is 10.1 Å². The Morgan fingerprint density at radius 2 is 1.93 bits per heavy atom. The number of benzene rings is 1. The van der Waals surface area contributed by atoms with E-state index >= 15 is 0 Å². The van der Waals surface area contributed by atoms with Gasteiger partial charge in [0.1, 0.15) is 6.10 Å². The summed E-state index contributed by atoms with van der Waals surface area (Å²) in [5.41, 5.74) is 2.03. The normalized spacial score (nSPS) is 19.5. The van der Waals surface area contributed by atoms with Crippen LogP contribution in [0.1, 0.15) is 43.2 Å². The van der Waals surface area contributed by atoms with E-state index in [4.69, 9.17) is 4.74 Å². The lowest BCUT2D eigenvalue weighted by molar-refractivity contribution is -0.129. The van der Waals surface area contributed by atoms with Crippen molar-refractivity contribution in [3.8, 4) is 5.88 Å². The summed E-state index contributed by atoms with van der Waals surface area (Å²) in [6.07, 6.45) is 6.82. The van der Waals surface area contributed by atoms with Crippen LogP contribution in [0.25, 0.3) is 0 Å². The molecule has 1 aromatic heterocycles. The summed E-state index contributed by atoms with van der Waals surface area (Å²) >= 11 is 0. The Labute approximate surface area is 171 Å². The van der Waals surface area contributed by atoms with Gasteiger partial charge in [0, 0.05) is 38.3 Å². The molecule has 0 bridgehead atoms. The molecule has 1 aliphatic heterocycles. The number of ether oxygens (including phenoxy) is 1. The van der Waals surface area contributed by atoms with Crippen molar-refractivity contribution in [2.45, 2.75) is 51.3 Å². The third-order valence-corrected chi connectivity index (χ3v) is 5.66. The van der Waals surface area contributed by atoms with Gasteiger partial charge in [0.15, 0.2) is 0 Å². The molecule has 1 saturated heterocycles. The molecule has 1 aliphatic carbocycles. The number of amides is 2. The van der Waals surface area contributed by atoms with Gasteiger partial charge >= 0.3 is 0 Å². The summed E-state index contributed by atoms with van der Waals surface area (Å²) in [6, 6.07) is 13.6. The van der Waals surface area contributed by atoms with Gasteiger partial charge in [0.25, 0.3) is 0 Å². The molecule has 0 radical (unpaired) electrons. The molecule has 1 N–H and O–H groups in total. The number of pyridine rings is 1. The molecule has 1 aromatic carbocycles. The van der Waals surface area contributed by atoms with Crippen molar-refractivity contribution in [2.24, 2.45) is 5.92 Å². The van der Waals surface area contributed by atoms with Gasteiger partial charge in [0.2, 0.25) is 17.7 Å². The van der Waals surface area contributed by atoms with Gasteiger partial charge in [0.05, 0.1) is 5.92 Å². The van der Waals surface area contributed by atoms with Gasteiger partial charge in [-0.1, -0.05) is 30.3 Å². The Hall–Kier alpha value is -2.89. The number of aromatic nitrogens is 1. The lowest BCUT2D eigenvalue weighted by Crippen LogP contribution is -2.32. The third-order valence-electron chi connectivity index (χ3n) is 5.66. The molecule has 152 valence electrons. The Kier molecular flexibility index (Phi) is 6.08. The number of nitrogens with one attached hydrogen (secondary N) is 1. The van der Waals surface area contributed by atoms with Crippen LogP contribution in [0.3, 0.4) is 0 Å². The predicted octanol–water partition coefficient (Wildman–Crippen LogP) is 3.07. The van der Waals surface area contributed by atoms with Crippen LogP contribution in [0, 0.1) is 5.92 Å². The average molecular weight is 393 g/mol. The molecule has 2 fully saturated rings. The fourth-order valence-electron chi connectivity index (χ4n) is 4.04. The third kappa shape index (κ3) is 5.13. The van der Waals surface area contributed by atoms with E-state index in [0.29, 0.717) is 25.5 Å². The van der Waals surface area contributed by atoms with Crippen molar-refractivity contribution in [2.75, 3.05) is 6.54 Å². The van der Waals surface area contributed by atoms with E-state index in [1.165, 1.54) is 12.8 Å². The monoisotopic (exact) mass is 393 g/mol. The Bertz CT molecular complexity index is 849. The van der Waals surface area contributed by atoms with Crippen LogP contribution >= 0.6 is 0 Å². The first-order chi connectivity index (χ1) is 14.2. The van der Waals surface area contributed by atoms with Gasteiger partial charge < -0.3 is 15.0 Å². The highest BCUT2D eigenvalue weighted by molar-refractivity contribution is 5.89. The minimum atomic E-state index is -0.303. The summed E-state index contributed by atoms with van der Waals surface area (Å²) in [4.78, 5) is 30.9. The molecule has 1 saturated carbocycles. The fraction of sp³-hybridized carbons (Fsp3) is 0.435. The first-order valence-electron chi connectivity index (χ1n) is 10.4. The topological polar surface area (TPSA) is 71.5 Å². The smallest absolute Gasteiger partial charge is 0.225 e. The molecule has 2 heterocycles. The predicted molar refractivity (Wildman–Crippen MR) is 109 cm³/mol. The first kappa shape index (κ1) is 19.4. The van der Waals surface area contributed by atoms with Crippen LogP contribution in [0.2, 0.25) is 0 Å². The molecule has 29 heavy (non-hydrogen) atoms. The van der Waals surface area contributed by atoms with E-state index in [1.54, 1.807) is 11.1 Å². The molecule has 4 rings (SSSR count). The Morgan fingerprint density at radius 1 is 1.14 bits per heavy atom. The van der Waals surface area contributed by atoms with Gasteiger partial charge in [-0.25, -0.2) is 4.98 Å². The van der Waals surface area contributed by atoms with Crippen molar-refractivity contribution in [3.05, 3.63) is 59.8 Å². The van der Waals surface area contributed by atoms with E-state index in [9.17, 15) is 9.59 Å². The van der Waals surface area contributed by atoms with Gasteiger partial charge in [-0.05, 0) is 42.9 Å². The highest BCUT2D eigenvalue weighted by Crippen LogP contribution is 2.24. The highest BCUT2D eigenvalue weighted by Gasteiger charge is 2.34. The van der Waals surface area contributed by atoms with E-state index < -0.39 is 0 Å². The second kappa shape index (κ2) is 9.07. The molecule has 1 atom stereocenters. The number of nitrogens with zero attached hydrogens (tertiary/aromatic N) is 2. The van der Waals surface area contributed by atoms with Crippen LogP contribution in [-0.2, 0) is 22.7 Å². The number of rotatable bonds is 7. The zero-order valence-electron chi connectivity index (χ0n) is 16.5. The summed E-state index contributed by atoms with van der Waals surface area (Å²) < 4.78 is 5.93. The molecule has 2 aliphatic rings. The van der Waals surface area contributed by atoms with Crippen LogP contribution in [-0.4, -0.2) is 34.3 Å². The lowest BCUT2D eigenvalue weighted by Gasteiger charge is -2.17. The first-order valence-corrected chi connectivity index (χ1v) is 10.4. The maximum absolute atomic E-state index is 12.6. The number of carbonyl (C=O) groups is 2. The summed E-state index contributed by atoms with van der Waals surface area (Å²) in [5.74, 6) is 0.269. The number of likely N-dealkylation sites (tertiary alicyclic amines) is 1. The van der Waals surface area contributed by atoms with Crippen molar-refractivity contribution in [1.82, 2.24) is 15.2 Å². The van der Waals surface area contributed by atoms with Crippen LogP contribution in [0.15, 0.2) is 48.7 Å². The van der Waals surface area contributed by atoms with Crippen molar-refractivity contribution in [3.63, 3.8) is 0 Å². The molecule has 6 heteroatoms. The summed E-state index contributed by atoms with van der Waals surface area (Å²) in [6.45, 7) is 1.42. The lowest BCUT2D eigenvalue weighted by atomic mass is 10.1. The van der Waals surface area contributed by atoms with Crippen molar-refractivity contribution >= 4 is 11.8 Å². The number of hydrogen-bond acceptors (Lipinski definition) is 4. The fourth-order valence-corrected chi connectivity index (χ4v) is 4.04. The maximum atomic E-state index is 12.6. The van der Waals surface area contributed by atoms with E-state index in [2.05, 4.69) is 10.3 Å². The minimum Gasteiger partial charge on any atom is -0.474 e. The number of hydrogen-bond donors (Lipinski definition) is 1. The molecular weight excluding hydrogens is 366 g/mol. The molecule has 6 nitrogen and oxygen atoms in total. The van der Waals surface area contributed by atoms with Crippen molar-refractivity contribution in [1.29, 1.82) is 0 Å². The second-order valence-electron chi connectivity index (χ2n) is 7.91. The molecule has 2 aromatic rings. The largest absolute Gasteiger partial charge is 0.474 e. The SMILES string of the molecule is O=C(NCc1ccnc(OC2CCCC2)c1)C1CC(=O)N(Cc2ccccc2)C1. The molecule has 2 amide bonds. The second-order valence-corrected chi connectivity index (χ2v) is 7.91.